The molecule has 2 aromatic heterocycles. The van der Waals surface area contributed by atoms with Crippen molar-refractivity contribution in [3.05, 3.63) is 35.1 Å². The SMILES string of the molecule is CC.CC.CC.Cc1cc(Cl)cc(Sc2nc3c(N)ncnc3n2CCCBr)c1. The summed E-state index contributed by atoms with van der Waals surface area (Å²) in [5.41, 5.74) is 8.46. The van der Waals surface area contributed by atoms with Crippen LogP contribution in [0.2, 0.25) is 5.02 Å². The minimum absolute atomic E-state index is 0.400. The first-order chi connectivity index (χ1) is 14.1. The molecule has 3 rings (SSSR count). The number of halogens is 2. The molecule has 0 radical (unpaired) electrons. The number of alkyl halides is 1. The maximum absolute atomic E-state index is 6.15. The van der Waals surface area contributed by atoms with Crippen LogP contribution in [0.4, 0.5) is 5.82 Å². The standard InChI is InChI=1S/C15H15BrClN5S.3C2H6/c1-9-5-10(17)7-11(6-9)23-15-21-12-13(18)19-8-20-14(12)22(15)4-2-3-16;3*1-2/h5-8H,2-4H2,1H3,(H2,18,19,20);3*1-2H3. The van der Waals surface area contributed by atoms with E-state index in [0.717, 1.165) is 44.6 Å². The summed E-state index contributed by atoms with van der Waals surface area (Å²) < 4.78 is 2.08. The second kappa shape index (κ2) is 15.5. The van der Waals surface area contributed by atoms with Gasteiger partial charge < -0.3 is 10.3 Å². The Morgan fingerprint density at radius 2 is 1.72 bits per heavy atom. The van der Waals surface area contributed by atoms with Gasteiger partial charge in [0, 0.05) is 21.8 Å². The van der Waals surface area contributed by atoms with Gasteiger partial charge in [-0.05, 0) is 37.1 Å². The van der Waals surface area contributed by atoms with Crippen molar-refractivity contribution in [1.29, 1.82) is 0 Å². The zero-order chi connectivity index (χ0) is 22.4. The van der Waals surface area contributed by atoms with E-state index in [0.29, 0.717) is 11.3 Å². The first-order valence-corrected chi connectivity index (χ1v) is 12.4. The molecular formula is C21H33BrClN5S. The van der Waals surface area contributed by atoms with Crippen LogP contribution in [0.25, 0.3) is 11.2 Å². The zero-order valence-corrected chi connectivity index (χ0v) is 21.6. The van der Waals surface area contributed by atoms with E-state index >= 15 is 0 Å². The Kier molecular flexibility index (Phi) is 14.8. The third-order valence-electron chi connectivity index (χ3n) is 3.27. The summed E-state index contributed by atoms with van der Waals surface area (Å²) in [4.78, 5) is 14.1. The van der Waals surface area contributed by atoms with E-state index in [1.807, 2.05) is 60.6 Å². The average Bonchev–Trinajstić information content (AvgIpc) is 3.08. The van der Waals surface area contributed by atoms with Crippen LogP contribution >= 0.6 is 39.3 Å². The molecule has 2 heterocycles. The van der Waals surface area contributed by atoms with E-state index in [2.05, 4.69) is 41.5 Å². The van der Waals surface area contributed by atoms with Crippen molar-refractivity contribution in [2.45, 2.75) is 71.5 Å². The Morgan fingerprint density at radius 3 is 2.31 bits per heavy atom. The molecule has 0 fully saturated rings. The first-order valence-electron chi connectivity index (χ1n) is 10.1. The number of nitrogens with two attached hydrogens (primary N) is 1. The number of hydrogen-bond acceptors (Lipinski definition) is 5. The molecule has 2 N–H and O–H groups in total. The van der Waals surface area contributed by atoms with Crippen LogP contribution in [0.15, 0.2) is 34.6 Å². The molecule has 162 valence electrons. The molecule has 0 saturated heterocycles. The van der Waals surface area contributed by atoms with Gasteiger partial charge in [0.2, 0.25) is 0 Å². The number of nitrogens with zero attached hydrogens (tertiary/aromatic N) is 4. The van der Waals surface area contributed by atoms with E-state index in [-0.39, 0.29) is 0 Å². The lowest BCUT2D eigenvalue weighted by molar-refractivity contribution is 0.639. The maximum Gasteiger partial charge on any atom is 0.175 e. The van der Waals surface area contributed by atoms with E-state index in [1.165, 1.54) is 6.33 Å². The van der Waals surface area contributed by atoms with Gasteiger partial charge in [-0.2, -0.15) is 0 Å². The van der Waals surface area contributed by atoms with Gasteiger partial charge in [-0.15, -0.1) is 0 Å². The molecule has 3 aromatic rings. The van der Waals surface area contributed by atoms with Crippen molar-refractivity contribution >= 4 is 56.3 Å². The molecule has 0 aliphatic heterocycles. The molecule has 0 aliphatic rings. The number of aryl methyl sites for hydroxylation is 2. The van der Waals surface area contributed by atoms with E-state index < -0.39 is 0 Å². The quantitative estimate of drug-likeness (QED) is 0.368. The van der Waals surface area contributed by atoms with Gasteiger partial charge in [0.15, 0.2) is 22.1 Å². The second-order valence-corrected chi connectivity index (χ2v) is 7.36. The molecule has 8 heteroatoms. The summed E-state index contributed by atoms with van der Waals surface area (Å²) in [5.74, 6) is 0.400. The Hall–Kier alpha value is -1.31. The van der Waals surface area contributed by atoms with Crippen molar-refractivity contribution < 1.29 is 0 Å². The van der Waals surface area contributed by atoms with Gasteiger partial charge >= 0.3 is 0 Å². The Morgan fingerprint density at radius 1 is 1.07 bits per heavy atom. The zero-order valence-electron chi connectivity index (χ0n) is 18.5. The predicted molar refractivity (Wildman–Crippen MR) is 133 cm³/mol. The van der Waals surface area contributed by atoms with Gasteiger partial charge in [0.05, 0.1) is 0 Å². The highest BCUT2D eigenvalue weighted by molar-refractivity contribution is 9.09. The molecule has 0 bridgehead atoms. The summed E-state index contributed by atoms with van der Waals surface area (Å²) in [6, 6.07) is 5.95. The number of fused-ring (bicyclic) bond motifs is 1. The maximum atomic E-state index is 6.15. The number of hydrogen-bond donors (Lipinski definition) is 1. The van der Waals surface area contributed by atoms with E-state index in [9.17, 15) is 0 Å². The normalized spacial score (nSPS) is 9.55. The van der Waals surface area contributed by atoms with Crippen molar-refractivity contribution in [3.63, 3.8) is 0 Å². The number of nitrogen functional groups attached to an aromatic ring is 1. The van der Waals surface area contributed by atoms with Crippen LogP contribution in [0, 0.1) is 6.92 Å². The molecule has 0 saturated carbocycles. The lowest BCUT2D eigenvalue weighted by atomic mass is 10.2. The Balaban J connectivity index is 0.00000120. The lowest BCUT2D eigenvalue weighted by Gasteiger charge is -2.08. The monoisotopic (exact) mass is 501 g/mol. The fourth-order valence-electron chi connectivity index (χ4n) is 2.30. The minimum atomic E-state index is 0.400. The molecule has 0 spiro atoms. The van der Waals surface area contributed by atoms with Gasteiger partial charge in [0.25, 0.3) is 0 Å². The van der Waals surface area contributed by atoms with Crippen molar-refractivity contribution in [1.82, 2.24) is 19.5 Å². The van der Waals surface area contributed by atoms with Crippen molar-refractivity contribution in [3.8, 4) is 0 Å². The third-order valence-corrected chi connectivity index (χ3v) is 5.01. The van der Waals surface area contributed by atoms with Gasteiger partial charge in [-0.3, -0.25) is 0 Å². The number of imidazole rings is 1. The highest BCUT2D eigenvalue weighted by Crippen LogP contribution is 2.33. The van der Waals surface area contributed by atoms with Crippen molar-refractivity contribution in [2.75, 3.05) is 11.1 Å². The van der Waals surface area contributed by atoms with E-state index in [1.54, 1.807) is 11.8 Å². The van der Waals surface area contributed by atoms with Gasteiger partial charge in [-0.1, -0.05) is 80.8 Å². The first kappa shape index (κ1) is 27.7. The lowest BCUT2D eigenvalue weighted by Crippen LogP contribution is -2.02. The third kappa shape index (κ3) is 8.15. The highest BCUT2D eigenvalue weighted by atomic mass is 79.9. The predicted octanol–water partition coefficient (Wildman–Crippen LogP) is 7.39. The smallest absolute Gasteiger partial charge is 0.175 e. The van der Waals surface area contributed by atoms with Crippen LogP contribution in [0.3, 0.4) is 0 Å². The molecule has 0 amide bonds. The topological polar surface area (TPSA) is 69.6 Å². The number of aromatic nitrogens is 4. The van der Waals surface area contributed by atoms with E-state index in [4.69, 9.17) is 17.3 Å². The van der Waals surface area contributed by atoms with Gasteiger partial charge in [-0.25, -0.2) is 15.0 Å². The van der Waals surface area contributed by atoms with Crippen LogP contribution in [0.5, 0.6) is 0 Å². The highest BCUT2D eigenvalue weighted by Gasteiger charge is 2.15. The molecule has 1 aromatic carbocycles. The van der Waals surface area contributed by atoms with Crippen LogP contribution < -0.4 is 5.73 Å². The fourth-order valence-corrected chi connectivity index (χ4v) is 3.97. The molecule has 0 aliphatic carbocycles. The number of rotatable bonds is 5. The summed E-state index contributed by atoms with van der Waals surface area (Å²) in [5, 5.41) is 2.47. The van der Waals surface area contributed by atoms with Gasteiger partial charge in [0.1, 0.15) is 6.33 Å². The minimum Gasteiger partial charge on any atom is -0.382 e. The molecule has 5 nitrogen and oxygen atoms in total. The average molecular weight is 503 g/mol. The van der Waals surface area contributed by atoms with Crippen LogP contribution in [-0.2, 0) is 6.54 Å². The van der Waals surface area contributed by atoms with Crippen LogP contribution in [0.1, 0.15) is 53.5 Å². The number of anilines is 1. The fraction of sp³-hybridized carbons (Fsp3) is 0.476. The molecule has 0 atom stereocenters. The second-order valence-electron chi connectivity index (χ2n) is 5.09. The molecular weight excluding hydrogens is 470 g/mol. The summed E-state index contributed by atoms with van der Waals surface area (Å²) in [7, 11) is 0. The summed E-state index contributed by atoms with van der Waals surface area (Å²) in [6.45, 7) is 14.8. The molecule has 29 heavy (non-hydrogen) atoms. The summed E-state index contributed by atoms with van der Waals surface area (Å²) in [6.07, 6.45) is 2.44. The Labute approximate surface area is 193 Å². The van der Waals surface area contributed by atoms with Crippen molar-refractivity contribution in [2.24, 2.45) is 0 Å². The Bertz CT molecular complexity index is 834. The number of benzene rings is 1. The largest absolute Gasteiger partial charge is 0.382 e. The summed E-state index contributed by atoms with van der Waals surface area (Å²) >= 11 is 11.2. The molecule has 0 unspecified atom stereocenters. The van der Waals surface area contributed by atoms with Crippen LogP contribution in [-0.4, -0.2) is 24.8 Å².